The van der Waals surface area contributed by atoms with Gasteiger partial charge >= 0.3 is 0 Å². The first-order valence-electron chi connectivity index (χ1n) is 11.7. The van der Waals surface area contributed by atoms with Gasteiger partial charge in [-0.05, 0) is 43.2 Å². The SMILES string of the molecule is C#Cc1cccc2c1[C@@H]1C[C@@H](c3nc4ccc(-c5ccc(P(C)(C)=O)cc5F)cc4n31)n1ncnc1-2. The van der Waals surface area contributed by atoms with E-state index in [2.05, 4.69) is 20.6 Å². The van der Waals surface area contributed by atoms with Gasteiger partial charge in [0.25, 0.3) is 0 Å². The van der Waals surface area contributed by atoms with E-state index in [1.807, 2.05) is 41.1 Å². The molecule has 0 fully saturated rings. The van der Waals surface area contributed by atoms with Crippen LogP contribution in [0.1, 0.15) is 35.5 Å². The molecule has 36 heavy (non-hydrogen) atoms. The molecule has 0 saturated heterocycles. The van der Waals surface area contributed by atoms with E-state index in [1.54, 1.807) is 31.8 Å². The van der Waals surface area contributed by atoms with Crippen molar-refractivity contribution in [2.24, 2.45) is 0 Å². The van der Waals surface area contributed by atoms with Crippen molar-refractivity contribution < 1.29 is 8.96 Å². The van der Waals surface area contributed by atoms with Crippen molar-refractivity contribution >= 4 is 23.5 Å². The molecule has 0 N–H and O–H groups in total. The number of fused-ring (bicyclic) bond motifs is 6. The summed E-state index contributed by atoms with van der Waals surface area (Å²) in [5.74, 6) is 4.15. The standard InChI is InChI=1S/C28H21FN5OP/c1-4-16-6-5-7-20-26(16)24-14-25(34-27(20)30-15-31-34)28-32-22-11-8-17(12-23(22)33(24)28)19-10-9-18(13-21(19)29)36(2,3)35/h1,5-13,15,24-25H,14H2,2-3H3/t24-,25-/m0/s1. The fraction of sp³-hybridized carbons (Fsp3) is 0.179. The van der Waals surface area contributed by atoms with E-state index in [4.69, 9.17) is 11.4 Å². The quantitative estimate of drug-likeness (QED) is 0.250. The largest absolute Gasteiger partial charge is 0.319 e. The highest BCUT2D eigenvalue weighted by Crippen LogP contribution is 2.50. The molecule has 0 aliphatic carbocycles. The molecule has 0 spiro atoms. The zero-order chi connectivity index (χ0) is 24.8. The number of nitrogens with zero attached hydrogens (tertiary/aromatic N) is 5. The Bertz CT molecular complexity index is 1820. The predicted molar refractivity (Wildman–Crippen MR) is 139 cm³/mol. The Kier molecular flexibility index (Phi) is 4.29. The third-order valence-electron chi connectivity index (χ3n) is 7.36. The zero-order valence-corrected chi connectivity index (χ0v) is 20.6. The molecular formula is C28H21FN5OP. The number of aromatic nitrogens is 5. The molecule has 0 radical (unpaired) electrons. The monoisotopic (exact) mass is 493 g/mol. The number of imidazole rings is 1. The van der Waals surface area contributed by atoms with E-state index >= 15 is 4.39 Å². The number of terminal acetylenes is 1. The van der Waals surface area contributed by atoms with Crippen LogP contribution in [0.15, 0.2) is 60.9 Å². The second kappa shape index (κ2) is 7.25. The summed E-state index contributed by atoms with van der Waals surface area (Å²) < 4.78 is 31.8. The molecule has 176 valence electrons. The average molecular weight is 493 g/mol. The lowest BCUT2D eigenvalue weighted by Crippen LogP contribution is -2.13. The molecule has 2 aliphatic heterocycles. The van der Waals surface area contributed by atoms with Gasteiger partial charge in [-0.15, -0.1) is 6.42 Å². The average Bonchev–Trinajstić information content (AvgIpc) is 3.54. The topological polar surface area (TPSA) is 65.6 Å². The van der Waals surface area contributed by atoms with Crippen LogP contribution in [0.5, 0.6) is 0 Å². The van der Waals surface area contributed by atoms with Gasteiger partial charge in [0.05, 0.1) is 17.1 Å². The maximum atomic E-state index is 15.2. The summed E-state index contributed by atoms with van der Waals surface area (Å²) in [7, 11) is -2.56. The minimum absolute atomic E-state index is 0.0470. The maximum Gasteiger partial charge on any atom is 0.159 e. The molecule has 7 rings (SSSR count). The summed E-state index contributed by atoms with van der Waals surface area (Å²) in [5, 5.41) is 5.08. The van der Waals surface area contributed by atoms with E-state index in [-0.39, 0.29) is 17.9 Å². The molecular weight excluding hydrogens is 472 g/mol. The van der Waals surface area contributed by atoms with Crippen molar-refractivity contribution in [2.75, 3.05) is 13.3 Å². The van der Waals surface area contributed by atoms with E-state index in [9.17, 15) is 4.57 Å². The number of halogens is 1. The highest BCUT2D eigenvalue weighted by Gasteiger charge is 2.42. The van der Waals surface area contributed by atoms with Gasteiger partial charge in [-0.3, -0.25) is 0 Å². The van der Waals surface area contributed by atoms with Gasteiger partial charge < -0.3 is 9.13 Å². The van der Waals surface area contributed by atoms with Crippen LogP contribution in [0.2, 0.25) is 0 Å². The summed E-state index contributed by atoms with van der Waals surface area (Å²) in [6.45, 7) is 3.29. The Hall–Kier alpha value is -4.01. The molecule has 3 aromatic carbocycles. The summed E-state index contributed by atoms with van der Waals surface area (Å²) in [5.41, 5.74) is 5.78. The van der Waals surface area contributed by atoms with Gasteiger partial charge in [0, 0.05) is 34.0 Å². The summed E-state index contributed by atoms with van der Waals surface area (Å²) in [6.07, 6.45) is 8.27. The molecule has 4 heterocycles. The molecule has 0 amide bonds. The molecule has 5 aromatic rings. The van der Waals surface area contributed by atoms with Gasteiger partial charge in [0.1, 0.15) is 31.2 Å². The van der Waals surface area contributed by atoms with Crippen LogP contribution in [0.4, 0.5) is 4.39 Å². The summed E-state index contributed by atoms with van der Waals surface area (Å²) in [6, 6.07) is 16.5. The third kappa shape index (κ3) is 2.85. The van der Waals surface area contributed by atoms with Crippen LogP contribution in [0.25, 0.3) is 33.5 Å². The molecule has 2 bridgehead atoms. The summed E-state index contributed by atoms with van der Waals surface area (Å²) >= 11 is 0. The molecule has 6 nitrogen and oxygen atoms in total. The van der Waals surface area contributed by atoms with Crippen molar-refractivity contribution in [1.29, 1.82) is 0 Å². The Balaban J connectivity index is 1.46. The minimum Gasteiger partial charge on any atom is -0.319 e. The lowest BCUT2D eigenvalue weighted by Gasteiger charge is -2.20. The minimum atomic E-state index is -2.56. The Labute approximate surface area is 207 Å². The second-order valence-corrected chi connectivity index (χ2v) is 13.0. The molecule has 2 aromatic heterocycles. The molecule has 2 atom stereocenters. The highest BCUT2D eigenvalue weighted by atomic mass is 31.2. The van der Waals surface area contributed by atoms with E-state index in [1.165, 1.54) is 6.07 Å². The van der Waals surface area contributed by atoms with Crippen molar-refractivity contribution in [3.63, 3.8) is 0 Å². The second-order valence-electron chi connectivity index (χ2n) is 9.77. The Morgan fingerprint density at radius 1 is 1.08 bits per heavy atom. The fourth-order valence-corrected chi connectivity index (χ4v) is 6.57. The maximum absolute atomic E-state index is 15.2. The van der Waals surface area contributed by atoms with E-state index in [0.29, 0.717) is 10.9 Å². The van der Waals surface area contributed by atoms with Gasteiger partial charge in [-0.25, -0.2) is 19.0 Å². The van der Waals surface area contributed by atoms with Crippen molar-refractivity contribution in [3.8, 4) is 34.9 Å². The van der Waals surface area contributed by atoms with Crippen LogP contribution in [0, 0.1) is 18.2 Å². The third-order valence-corrected chi connectivity index (χ3v) is 8.88. The first kappa shape index (κ1) is 21.3. The van der Waals surface area contributed by atoms with Crippen LogP contribution in [-0.4, -0.2) is 37.6 Å². The van der Waals surface area contributed by atoms with Crippen LogP contribution < -0.4 is 5.30 Å². The first-order valence-corrected chi connectivity index (χ1v) is 14.3. The van der Waals surface area contributed by atoms with Crippen LogP contribution >= 0.6 is 7.14 Å². The predicted octanol–water partition coefficient (Wildman–Crippen LogP) is 5.23. The van der Waals surface area contributed by atoms with Gasteiger partial charge in [-0.1, -0.05) is 36.3 Å². The normalized spacial score (nSPS) is 17.8. The lowest BCUT2D eigenvalue weighted by atomic mass is 9.93. The van der Waals surface area contributed by atoms with Gasteiger partial charge in [0.15, 0.2) is 5.82 Å². The Morgan fingerprint density at radius 3 is 2.72 bits per heavy atom. The number of hydrogen-bond donors (Lipinski definition) is 0. The summed E-state index contributed by atoms with van der Waals surface area (Å²) in [4.78, 5) is 9.53. The zero-order valence-electron chi connectivity index (χ0n) is 19.7. The van der Waals surface area contributed by atoms with E-state index in [0.717, 1.165) is 51.4 Å². The highest BCUT2D eigenvalue weighted by molar-refractivity contribution is 7.70. The molecule has 0 unspecified atom stereocenters. The van der Waals surface area contributed by atoms with Crippen molar-refractivity contribution in [3.05, 3.63) is 83.7 Å². The van der Waals surface area contributed by atoms with Crippen molar-refractivity contribution in [1.82, 2.24) is 24.3 Å². The molecule has 2 aliphatic rings. The number of hydrogen-bond acceptors (Lipinski definition) is 4. The lowest BCUT2D eigenvalue weighted by molar-refractivity contribution is 0.504. The fourth-order valence-electron chi connectivity index (χ4n) is 5.71. The van der Waals surface area contributed by atoms with Crippen LogP contribution in [-0.2, 0) is 4.57 Å². The first-order chi connectivity index (χ1) is 17.3. The van der Waals surface area contributed by atoms with E-state index < -0.39 is 7.14 Å². The van der Waals surface area contributed by atoms with Gasteiger partial charge in [-0.2, -0.15) is 5.10 Å². The molecule has 8 heteroatoms. The van der Waals surface area contributed by atoms with Gasteiger partial charge in [0.2, 0.25) is 0 Å². The van der Waals surface area contributed by atoms with Crippen LogP contribution in [0.3, 0.4) is 0 Å². The number of rotatable bonds is 2. The number of benzene rings is 3. The smallest absolute Gasteiger partial charge is 0.159 e. The molecule has 0 saturated carbocycles. The Morgan fingerprint density at radius 2 is 1.94 bits per heavy atom. The van der Waals surface area contributed by atoms with Crippen molar-refractivity contribution in [2.45, 2.75) is 18.5 Å².